The van der Waals surface area contributed by atoms with Crippen molar-refractivity contribution in [1.82, 2.24) is 4.98 Å². The van der Waals surface area contributed by atoms with E-state index in [9.17, 15) is 9.59 Å². The van der Waals surface area contributed by atoms with E-state index in [0.29, 0.717) is 11.3 Å². The summed E-state index contributed by atoms with van der Waals surface area (Å²) in [5, 5.41) is 11.5. The molecule has 2 N–H and O–H groups in total. The van der Waals surface area contributed by atoms with Crippen molar-refractivity contribution >= 4 is 17.7 Å². The molecule has 0 unspecified atom stereocenters. The number of nitrogens with zero attached hydrogens (tertiary/aromatic N) is 1. The van der Waals surface area contributed by atoms with Crippen molar-refractivity contribution in [2.75, 3.05) is 12.4 Å². The van der Waals surface area contributed by atoms with Crippen LogP contribution in [0.5, 0.6) is 5.75 Å². The van der Waals surface area contributed by atoms with Gasteiger partial charge in [-0.3, -0.25) is 4.79 Å². The molecule has 0 saturated carbocycles. The summed E-state index contributed by atoms with van der Waals surface area (Å²) >= 11 is 0. The number of methoxy groups -OCH3 is 1. The predicted octanol–water partition coefficient (Wildman–Crippen LogP) is 2.04. The molecule has 0 bridgehead atoms. The Morgan fingerprint density at radius 1 is 1.25 bits per heavy atom. The first-order valence-corrected chi connectivity index (χ1v) is 5.75. The molecule has 2 rings (SSSR count). The Bertz CT molecular complexity index is 655. The number of aromatic nitrogens is 1. The molecule has 20 heavy (non-hydrogen) atoms. The predicted molar refractivity (Wildman–Crippen MR) is 72.1 cm³/mol. The number of ether oxygens (including phenoxy) is 1. The number of amides is 1. The van der Waals surface area contributed by atoms with Crippen LogP contribution < -0.4 is 10.1 Å². The molecule has 0 radical (unpaired) electrons. The third kappa shape index (κ3) is 2.92. The van der Waals surface area contributed by atoms with Crippen LogP contribution in [0, 0.1) is 0 Å². The van der Waals surface area contributed by atoms with Crippen LogP contribution >= 0.6 is 0 Å². The zero-order valence-corrected chi connectivity index (χ0v) is 10.7. The fourth-order valence-electron chi connectivity index (χ4n) is 1.62. The van der Waals surface area contributed by atoms with Crippen LogP contribution in [0.1, 0.15) is 20.7 Å². The molecular weight excluding hydrogens is 260 g/mol. The monoisotopic (exact) mass is 272 g/mol. The van der Waals surface area contributed by atoms with Crippen LogP contribution in [0.15, 0.2) is 42.6 Å². The van der Waals surface area contributed by atoms with Crippen molar-refractivity contribution in [2.24, 2.45) is 0 Å². The topological polar surface area (TPSA) is 88.5 Å². The first-order chi connectivity index (χ1) is 9.61. The zero-order valence-electron chi connectivity index (χ0n) is 10.7. The molecule has 0 aliphatic carbocycles. The highest BCUT2D eigenvalue weighted by molar-refractivity contribution is 6.07. The molecule has 2 aromatic rings. The van der Waals surface area contributed by atoms with Gasteiger partial charge < -0.3 is 15.2 Å². The molecule has 1 amide bonds. The molecule has 0 aliphatic rings. The Labute approximate surface area is 115 Å². The minimum Gasteiger partial charge on any atom is -0.497 e. The molecule has 0 aliphatic heterocycles. The number of hydrogen-bond donors (Lipinski definition) is 2. The number of aromatic carboxylic acids is 1. The number of nitrogens with one attached hydrogen (secondary N) is 1. The van der Waals surface area contributed by atoms with Gasteiger partial charge in [-0.15, -0.1) is 0 Å². The van der Waals surface area contributed by atoms with Crippen molar-refractivity contribution in [3.8, 4) is 5.75 Å². The fourth-order valence-corrected chi connectivity index (χ4v) is 1.62. The second-order valence-electron chi connectivity index (χ2n) is 3.89. The van der Waals surface area contributed by atoms with E-state index in [-0.39, 0.29) is 11.4 Å². The molecule has 0 atom stereocenters. The Morgan fingerprint density at radius 2 is 2.05 bits per heavy atom. The van der Waals surface area contributed by atoms with Crippen molar-refractivity contribution in [3.63, 3.8) is 0 Å². The lowest BCUT2D eigenvalue weighted by Crippen LogP contribution is -2.16. The van der Waals surface area contributed by atoms with Crippen LogP contribution in [-0.4, -0.2) is 29.1 Å². The third-order valence-corrected chi connectivity index (χ3v) is 2.60. The quantitative estimate of drug-likeness (QED) is 0.889. The van der Waals surface area contributed by atoms with Crippen LogP contribution in [0.4, 0.5) is 5.82 Å². The average Bonchev–Trinajstić information content (AvgIpc) is 2.47. The number of benzene rings is 1. The van der Waals surface area contributed by atoms with Crippen LogP contribution in [0.25, 0.3) is 0 Å². The average molecular weight is 272 g/mol. The van der Waals surface area contributed by atoms with Crippen molar-refractivity contribution < 1.29 is 19.4 Å². The summed E-state index contributed by atoms with van der Waals surface area (Å²) in [6, 6.07) is 9.39. The maximum absolute atomic E-state index is 12.1. The molecule has 6 heteroatoms. The summed E-state index contributed by atoms with van der Waals surface area (Å²) in [6.07, 6.45) is 1.41. The van der Waals surface area contributed by atoms with E-state index in [0.717, 1.165) is 0 Å². The van der Waals surface area contributed by atoms with Gasteiger partial charge in [0.15, 0.2) is 0 Å². The molecule has 1 heterocycles. The SMILES string of the molecule is COc1cccc(C(=O)Nc2ncccc2C(=O)O)c1. The van der Waals surface area contributed by atoms with E-state index in [4.69, 9.17) is 9.84 Å². The molecule has 1 aromatic carbocycles. The zero-order chi connectivity index (χ0) is 14.5. The second kappa shape index (κ2) is 5.83. The number of pyridine rings is 1. The van der Waals surface area contributed by atoms with Gasteiger partial charge in [-0.25, -0.2) is 9.78 Å². The number of anilines is 1. The van der Waals surface area contributed by atoms with Gasteiger partial charge in [0, 0.05) is 11.8 Å². The molecule has 0 spiro atoms. The van der Waals surface area contributed by atoms with Crippen molar-refractivity contribution in [2.45, 2.75) is 0 Å². The fraction of sp³-hybridized carbons (Fsp3) is 0.0714. The number of rotatable bonds is 4. The molecule has 0 fully saturated rings. The lowest BCUT2D eigenvalue weighted by molar-refractivity contribution is 0.0697. The largest absolute Gasteiger partial charge is 0.497 e. The Balaban J connectivity index is 2.25. The summed E-state index contributed by atoms with van der Waals surface area (Å²) in [6.45, 7) is 0. The third-order valence-electron chi connectivity index (χ3n) is 2.60. The van der Waals surface area contributed by atoms with Gasteiger partial charge in [0.2, 0.25) is 0 Å². The summed E-state index contributed by atoms with van der Waals surface area (Å²) in [5.41, 5.74) is 0.287. The second-order valence-corrected chi connectivity index (χ2v) is 3.89. The highest BCUT2D eigenvalue weighted by Crippen LogP contribution is 2.16. The van der Waals surface area contributed by atoms with Gasteiger partial charge in [-0.2, -0.15) is 0 Å². The van der Waals surface area contributed by atoms with Gasteiger partial charge >= 0.3 is 5.97 Å². The van der Waals surface area contributed by atoms with Crippen LogP contribution in [0.3, 0.4) is 0 Å². The molecule has 1 aromatic heterocycles. The molecule has 102 valence electrons. The van der Waals surface area contributed by atoms with Gasteiger partial charge in [0.1, 0.15) is 17.1 Å². The smallest absolute Gasteiger partial charge is 0.339 e. The number of carboxylic acids is 1. The van der Waals surface area contributed by atoms with E-state index >= 15 is 0 Å². The number of hydrogen-bond acceptors (Lipinski definition) is 4. The maximum Gasteiger partial charge on any atom is 0.339 e. The number of carboxylic acid groups (broad SMARTS) is 1. The normalized spacial score (nSPS) is 9.85. The summed E-state index contributed by atoms with van der Waals surface area (Å²) < 4.78 is 5.03. The lowest BCUT2D eigenvalue weighted by atomic mass is 10.2. The summed E-state index contributed by atoms with van der Waals surface area (Å²) in [5.74, 6) is -1.06. The highest BCUT2D eigenvalue weighted by atomic mass is 16.5. The number of carbonyl (C=O) groups is 2. The minimum absolute atomic E-state index is 0.00724. The standard InChI is InChI=1S/C14H12N2O4/c1-20-10-5-2-4-9(8-10)13(17)16-12-11(14(18)19)6-3-7-15-12/h2-8H,1H3,(H,18,19)(H,15,16,17). The number of carbonyl (C=O) groups excluding carboxylic acids is 1. The molecule has 6 nitrogen and oxygen atoms in total. The first-order valence-electron chi connectivity index (χ1n) is 5.75. The van der Waals surface area contributed by atoms with Gasteiger partial charge in [0.25, 0.3) is 5.91 Å². The Hall–Kier alpha value is -2.89. The minimum atomic E-state index is -1.15. The summed E-state index contributed by atoms with van der Waals surface area (Å²) in [7, 11) is 1.50. The van der Waals surface area contributed by atoms with Gasteiger partial charge in [0.05, 0.1) is 7.11 Å². The Morgan fingerprint density at radius 3 is 2.75 bits per heavy atom. The van der Waals surface area contributed by atoms with E-state index in [1.165, 1.54) is 25.4 Å². The Kier molecular flexibility index (Phi) is 3.95. The highest BCUT2D eigenvalue weighted by Gasteiger charge is 2.14. The van der Waals surface area contributed by atoms with Crippen molar-refractivity contribution in [1.29, 1.82) is 0 Å². The van der Waals surface area contributed by atoms with E-state index in [1.54, 1.807) is 24.3 Å². The van der Waals surface area contributed by atoms with E-state index in [1.807, 2.05) is 0 Å². The van der Waals surface area contributed by atoms with E-state index in [2.05, 4.69) is 10.3 Å². The van der Waals surface area contributed by atoms with Crippen molar-refractivity contribution in [3.05, 3.63) is 53.7 Å². The maximum atomic E-state index is 12.1. The van der Waals surface area contributed by atoms with Crippen LogP contribution in [0.2, 0.25) is 0 Å². The van der Waals surface area contributed by atoms with Crippen LogP contribution in [-0.2, 0) is 0 Å². The lowest BCUT2D eigenvalue weighted by Gasteiger charge is -2.08. The first kappa shape index (κ1) is 13.5. The summed E-state index contributed by atoms with van der Waals surface area (Å²) in [4.78, 5) is 27.0. The van der Waals surface area contributed by atoms with Gasteiger partial charge in [-0.1, -0.05) is 6.07 Å². The van der Waals surface area contributed by atoms with Gasteiger partial charge in [-0.05, 0) is 30.3 Å². The molecular formula is C14H12N2O4. The molecule has 0 saturated heterocycles. The van der Waals surface area contributed by atoms with E-state index < -0.39 is 11.9 Å².